The molecule has 23 heavy (non-hydrogen) atoms. The lowest BCUT2D eigenvalue weighted by Gasteiger charge is -2.07. The van der Waals surface area contributed by atoms with Crippen molar-refractivity contribution in [1.82, 2.24) is 9.97 Å². The molecule has 7 nitrogen and oxygen atoms in total. The molecule has 0 aliphatic heterocycles. The van der Waals surface area contributed by atoms with E-state index in [4.69, 9.17) is 4.74 Å². The molecular formula is C14H12N2O5S2. The average Bonchev–Trinajstić information content (AvgIpc) is 2.91. The predicted molar refractivity (Wildman–Crippen MR) is 85.7 cm³/mol. The van der Waals surface area contributed by atoms with Crippen LogP contribution >= 0.6 is 11.3 Å². The number of nitrogens with zero attached hydrogens (tertiary/aromatic N) is 2. The molecule has 9 heteroatoms. The SMILES string of the molecule is CCOC(=O)c1cnc2ccc3nc(S(C)(=O)=O)sc3c2c1O. The molecule has 0 unspecified atom stereocenters. The van der Waals surface area contributed by atoms with Gasteiger partial charge < -0.3 is 9.84 Å². The zero-order valence-electron chi connectivity index (χ0n) is 12.2. The number of pyridine rings is 1. The monoisotopic (exact) mass is 352 g/mol. The Morgan fingerprint density at radius 3 is 2.70 bits per heavy atom. The van der Waals surface area contributed by atoms with Crippen LogP contribution in [0.1, 0.15) is 17.3 Å². The van der Waals surface area contributed by atoms with Crippen LogP contribution in [-0.2, 0) is 14.6 Å². The molecule has 2 heterocycles. The summed E-state index contributed by atoms with van der Waals surface area (Å²) in [5.41, 5.74) is 0.786. The van der Waals surface area contributed by atoms with Crippen LogP contribution in [0.5, 0.6) is 5.75 Å². The van der Waals surface area contributed by atoms with Crippen LogP contribution in [0.3, 0.4) is 0 Å². The molecule has 1 N–H and O–H groups in total. The molecule has 0 aliphatic rings. The molecular weight excluding hydrogens is 340 g/mol. The summed E-state index contributed by atoms with van der Waals surface area (Å²) >= 11 is 0.930. The van der Waals surface area contributed by atoms with Crippen LogP contribution in [0.25, 0.3) is 21.1 Å². The minimum absolute atomic E-state index is 0.0547. The molecule has 0 fully saturated rings. The normalized spacial score (nSPS) is 11.9. The third-order valence-corrected chi connectivity index (χ3v) is 5.92. The van der Waals surface area contributed by atoms with Gasteiger partial charge in [-0.05, 0) is 19.1 Å². The van der Waals surface area contributed by atoms with Crippen LogP contribution in [0.4, 0.5) is 0 Å². The molecule has 0 radical (unpaired) electrons. The smallest absolute Gasteiger partial charge is 0.343 e. The van der Waals surface area contributed by atoms with Gasteiger partial charge in [-0.1, -0.05) is 0 Å². The minimum atomic E-state index is -3.47. The first-order valence-electron chi connectivity index (χ1n) is 6.61. The fourth-order valence-corrected chi connectivity index (χ4v) is 4.10. The van der Waals surface area contributed by atoms with Gasteiger partial charge in [0.1, 0.15) is 11.3 Å². The lowest BCUT2D eigenvalue weighted by atomic mass is 10.1. The number of sulfone groups is 1. The van der Waals surface area contributed by atoms with Crippen molar-refractivity contribution < 1.29 is 23.1 Å². The molecule has 3 aromatic rings. The van der Waals surface area contributed by atoms with E-state index in [0.29, 0.717) is 21.1 Å². The van der Waals surface area contributed by atoms with Gasteiger partial charge in [0, 0.05) is 12.5 Å². The van der Waals surface area contributed by atoms with Gasteiger partial charge in [-0.3, -0.25) is 4.98 Å². The fraction of sp³-hybridized carbons (Fsp3) is 0.214. The van der Waals surface area contributed by atoms with Crippen LogP contribution in [-0.4, -0.2) is 42.3 Å². The first kappa shape index (κ1) is 15.6. The van der Waals surface area contributed by atoms with Crippen LogP contribution in [0, 0.1) is 0 Å². The standard InChI is InChI=1S/C14H12N2O5S2/c1-3-21-13(18)7-6-15-8-4-5-9-12(10(8)11(7)17)22-14(16-9)23(2,19)20/h4-6H,3H2,1-2H3,(H,15,17). The Bertz CT molecular complexity index is 1040. The summed E-state index contributed by atoms with van der Waals surface area (Å²) in [4.78, 5) is 20.1. The zero-order chi connectivity index (χ0) is 16.8. The lowest BCUT2D eigenvalue weighted by Crippen LogP contribution is -2.05. The van der Waals surface area contributed by atoms with E-state index in [1.807, 2.05) is 0 Å². The van der Waals surface area contributed by atoms with Gasteiger partial charge in [-0.15, -0.1) is 11.3 Å². The topological polar surface area (TPSA) is 106 Å². The van der Waals surface area contributed by atoms with Crippen LogP contribution < -0.4 is 0 Å². The van der Waals surface area contributed by atoms with E-state index in [1.165, 1.54) is 6.20 Å². The van der Waals surface area contributed by atoms with Gasteiger partial charge in [-0.2, -0.15) is 0 Å². The van der Waals surface area contributed by atoms with E-state index >= 15 is 0 Å². The second-order valence-corrected chi connectivity index (χ2v) is 7.99. The number of ether oxygens (including phenoxy) is 1. The number of rotatable bonds is 3. The summed E-state index contributed by atoms with van der Waals surface area (Å²) in [5, 5.41) is 10.7. The van der Waals surface area contributed by atoms with Crippen molar-refractivity contribution in [3.63, 3.8) is 0 Å². The second-order valence-electron chi connectivity index (χ2n) is 4.80. The summed E-state index contributed by atoms with van der Waals surface area (Å²) in [7, 11) is -3.47. The van der Waals surface area contributed by atoms with Crippen molar-refractivity contribution in [2.45, 2.75) is 11.3 Å². The van der Waals surface area contributed by atoms with Gasteiger partial charge in [-0.25, -0.2) is 18.2 Å². The largest absolute Gasteiger partial charge is 0.506 e. The van der Waals surface area contributed by atoms with Crippen molar-refractivity contribution in [2.24, 2.45) is 0 Å². The Hall–Kier alpha value is -2.26. The molecule has 120 valence electrons. The number of hydrogen-bond donors (Lipinski definition) is 1. The average molecular weight is 352 g/mol. The number of aromatic hydroxyl groups is 1. The maximum absolute atomic E-state index is 11.9. The molecule has 0 atom stereocenters. The Morgan fingerprint density at radius 1 is 1.35 bits per heavy atom. The lowest BCUT2D eigenvalue weighted by molar-refractivity contribution is 0.0523. The number of carbonyl (C=O) groups is 1. The number of hydrogen-bond acceptors (Lipinski definition) is 8. The van der Waals surface area contributed by atoms with Crippen LogP contribution in [0.15, 0.2) is 22.7 Å². The molecule has 0 saturated carbocycles. The Kier molecular flexibility index (Phi) is 3.69. The van der Waals surface area contributed by atoms with Gasteiger partial charge in [0.05, 0.1) is 27.7 Å². The number of carbonyl (C=O) groups excluding carboxylic acids is 1. The highest BCUT2D eigenvalue weighted by Crippen LogP contribution is 2.37. The van der Waals surface area contributed by atoms with E-state index < -0.39 is 15.8 Å². The summed E-state index contributed by atoms with van der Waals surface area (Å²) in [6.07, 6.45) is 2.30. The molecule has 0 saturated heterocycles. The molecule has 1 aromatic carbocycles. The highest BCUT2D eigenvalue weighted by molar-refractivity contribution is 7.92. The summed E-state index contributed by atoms with van der Waals surface area (Å²) in [5.74, 6) is -0.980. The zero-order valence-corrected chi connectivity index (χ0v) is 13.9. The van der Waals surface area contributed by atoms with E-state index in [2.05, 4.69) is 9.97 Å². The van der Waals surface area contributed by atoms with Crippen LogP contribution in [0.2, 0.25) is 0 Å². The summed E-state index contributed by atoms with van der Waals surface area (Å²) in [6.45, 7) is 1.82. The highest BCUT2D eigenvalue weighted by atomic mass is 32.2. The van der Waals surface area contributed by atoms with E-state index in [9.17, 15) is 18.3 Å². The number of benzene rings is 1. The van der Waals surface area contributed by atoms with Crippen molar-refractivity contribution in [1.29, 1.82) is 0 Å². The predicted octanol–water partition coefficient (Wildman–Crippen LogP) is 2.13. The first-order valence-corrected chi connectivity index (χ1v) is 9.32. The van der Waals surface area contributed by atoms with E-state index in [-0.39, 0.29) is 22.3 Å². The van der Waals surface area contributed by atoms with Crippen molar-refractivity contribution in [3.8, 4) is 5.75 Å². The molecule has 0 bridgehead atoms. The molecule has 0 spiro atoms. The van der Waals surface area contributed by atoms with Crippen molar-refractivity contribution >= 4 is 48.3 Å². The molecule has 3 rings (SSSR count). The molecule has 0 aliphatic carbocycles. The third kappa shape index (κ3) is 2.62. The first-order chi connectivity index (χ1) is 10.8. The van der Waals surface area contributed by atoms with E-state index in [0.717, 1.165) is 17.6 Å². The molecule has 0 amide bonds. The number of thiazole rings is 1. The second kappa shape index (κ2) is 5.43. The highest BCUT2D eigenvalue weighted by Gasteiger charge is 2.21. The Balaban J connectivity index is 2.36. The third-order valence-electron chi connectivity index (χ3n) is 3.15. The number of aromatic nitrogens is 2. The number of fused-ring (bicyclic) bond motifs is 3. The Labute approximate surface area is 135 Å². The van der Waals surface area contributed by atoms with Crippen molar-refractivity contribution in [3.05, 3.63) is 23.9 Å². The van der Waals surface area contributed by atoms with Gasteiger partial charge in [0.15, 0.2) is 0 Å². The molecule has 2 aromatic heterocycles. The van der Waals surface area contributed by atoms with Gasteiger partial charge >= 0.3 is 5.97 Å². The van der Waals surface area contributed by atoms with Gasteiger partial charge in [0.25, 0.3) is 0 Å². The summed E-state index contributed by atoms with van der Waals surface area (Å²) in [6, 6.07) is 3.23. The minimum Gasteiger partial charge on any atom is -0.506 e. The maximum Gasteiger partial charge on any atom is 0.343 e. The maximum atomic E-state index is 11.9. The summed E-state index contributed by atoms with van der Waals surface area (Å²) < 4.78 is 28.6. The van der Waals surface area contributed by atoms with Gasteiger partial charge in [0.2, 0.25) is 14.2 Å². The van der Waals surface area contributed by atoms with Crippen molar-refractivity contribution in [2.75, 3.05) is 12.9 Å². The van der Waals surface area contributed by atoms with E-state index in [1.54, 1.807) is 19.1 Å². The number of esters is 1. The fourth-order valence-electron chi connectivity index (χ4n) is 2.14. The Morgan fingerprint density at radius 2 is 2.04 bits per heavy atom. The quantitative estimate of drug-likeness (QED) is 0.720.